The lowest BCUT2D eigenvalue weighted by molar-refractivity contribution is -0.148. The predicted octanol–water partition coefficient (Wildman–Crippen LogP) is 3.86. The highest BCUT2D eigenvalue weighted by molar-refractivity contribution is 6.69. The molecule has 0 amide bonds. The van der Waals surface area contributed by atoms with Gasteiger partial charge in [-0.25, -0.2) is 0 Å². The van der Waals surface area contributed by atoms with E-state index in [0.717, 1.165) is 25.0 Å². The molecule has 1 aliphatic carbocycles. The second kappa shape index (κ2) is 5.57. The predicted molar refractivity (Wildman–Crippen MR) is 75.7 cm³/mol. The highest BCUT2D eigenvalue weighted by Gasteiger charge is 2.27. The summed E-state index contributed by atoms with van der Waals surface area (Å²) in [5, 5.41) is 0. The van der Waals surface area contributed by atoms with E-state index in [1.165, 1.54) is 0 Å². The second-order valence-electron chi connectivity index (χ2n) is 6.93. The maximum Gasteiger partial charge on any atom is 0.316 e. The third-order valence-electron chi connectivity index (χ3n) is 2.62. The number of allylic oxidation sites excluding steroid dienone is 1. The highest BCUT2D eigenvalue weighted by Crippen LogP contribution is 2.26. The van der Waals surface area contributed by atoms with E-state index in [9.17, 15) is 4.79 Å². The summed E-state index contributed by atoms with van der Waals surface area (Å²) in [7, 11) is -1.54. The van der Waals surface area contributed by atoms with Crippen LogP contribution >= 0.6 is 0 Å². The molecule has 1 unspecified atom stereocenters. The summed E-state index contributed by atoms with van der Waals surface area (Å²) < 4.78 is 11.5. The summed E-state index contributed by atoms with van der Waals surface area (Å²) in [6.45, 7) is 12.1. The normalized spacial score (nSPS) is 21.4. The van der Waals surface area contributed by atoms with Crippen LogP contribution in [-0.4, -0.2) is 20.4 Å². The van der Waals surface area contributed by atoms with Crippen molar-refractivity contribution in [1.29, 1.82) is 0 Å². The maximum atomic E-state index is 11.8. The van der Waals surface area contributed by atoms with Crippen LogP contribution in [0.15, 0.2) is 11.8 Å². The standard InChI is InChI=1S/C14H26O3Si/c1-14(2,3)13(15)16-11-8-7-9-12(10-11)17-18(4,5)6/h10,12H,7-9H2,1-6H3. The molecule has 0 heterocycles. The van der Waals surface area contributed by atoms with Gasteiger partial charge in [-0.2, -0.15) is 0 Å². The van der Waals surface area contributed by atoms with Gasteiger partial charge in [-0.3, -0.25) is 4.79 Å². The molecule has 0 N–H and O–H groups in total. The van der Waals surface area contributed by atoms with Gasteiger partial charge in [0.25, 0.3) is 0 Å². The molecule has 4 heteroatoms. The zero-order chi connectivity index (χ0) is 14.0. The lowest BCUT2D eigenvalue weighted by atomic mass is 9.97. The SMILES string of the molecule is CC(C)(C)C(=O)OC1=CC(O[Si](C)(C)C)CCC1. The highest BCUT2D eigenvalue weighted by atomic mass is 28.4. The van der Waals surface area contributed by atoms with Gasteiger partial charge in [0.05, 0.1) is 11.5 Å². The maximum absolute atomic E-state index is 11.8. The van der Waals surface area contributed by atoms with Gasteiger partial charge >= 0.3 is 5.97 Å². The van der Waals surface area contributed by atoms with E-state index < -0.39 is 13.7 Å². The molecule has 0 aromatic rings. The largest absolute Gasteiger partial charge is 0.431 e. The van der Waals surface area contributed by atoms with Crippen molar-refractivity contribution in [1.82, 2.24) is 0 Å². The van der Waals surface area contributed by atoms with Crippen molar-refractivity contribution in [2.75, 3.05) is 0 Å². The van der Waals surface area contributed by atoms with E-state index in [0.29, 0.717) is 0 Å². The number of rotatable bonds is 3. The van der Waals surface area contributed by atoms with Gasteiger partial charge in [0.15, 0.2) is 8.32 Å². The molecule has 0 aromatic heterocycles. The molecule has 0 saturated carbocycles. The van der Waals surface area contributed by atoms with Crippen molar-refractivity contribution in [2.24, 2.45) is 5.41 Å². The summed E-state index contributed by atoms with van der Waals surface area (Å²) in [5.74, 6) is 0.617. The minimum atomic E-state index is -1.54. The summed E-state index contributed by atoms with van der Waals surface area (Å²) >= 11 is 0. The molecular formula is C14H26O3Si. The van der Waals surface area contributed by atoms with E-state index in [1.54, 1.807) is 0 Å². The Morgan fingerprint density at radius 1 is 1.33 bits per heavy atom. The summed E-state index contributed by atoms with van der Waals surface area (Å²) in [4.78, 5) is 11.8. The molecule has 0 bridgehead atoms. The first-order chi connectivity index (χ1) is 8.08. The van der Waals surface area contributed by atoms with Crippen LogP contribution in [0, 0.1) is 5.41 Å². The zero-order valence-corrected chi connectivity index (χ0v) is 13.5. The van der Waals surface area contributed by atoms with Crippen LogP contribution in [0.3, 0.4) is 0 Å². The minimum Gasteiger partial charge on any atom is -0.431 e. The first-order valence-corrected chi connectivity index (χ1v) is 10.1. The van der Waals surface area contributed by atoms with Gasteiger partial charge in [-0.1, -0.05) is 0 Å². The van der Waals surface area contributed by atoms with E-state index >= 15 is 0 Å². The Balaban J connectivity index is 2.64. The number of carbonyl (C=O) groups excluding carboxylic acids is 1. The average molecular weight is 270 g/mol. The molecule has 18 heavy (non-hydrogen) atoms. The molecule has 3 nitrogen and oxygen atoms in total. The van der Waals surface area contributed by atoms with Gasteiger partial charge < -0.3 is 9.16 Å². The van der Waals surface area contributed by atoms with Gasteiger partial charge in [-0.05, 0) is 59.3 Å². The number of hydrogen-bond donors (Lipinski definition) is 0. The Bertz CT molecular complexity index is 334. The van der Waals surface area contributed by atoms with Crippen molar-refractivity contribution < 1.29 is 14.0 Å². The second-order valence-corrected chi connectivity index (χ2v) is 11.4. The van der Waals surface area contributed by atoms with Crippen LogP contribution in [0.1, 0.15) is 40.0 Å². The Morgan fingerprint density at radius 2 is 1.94 bits per heavy atom. The van der Waals surface area contributed by atoms with Crippen molar-refractivity contribution in [3.63, 3.8) is 0 Å². The molecule has 0 aromatic carbocycles. The fourth-order valence-corrected chi connectivity index (χ4v) is 2.85. The lowest BCUT2D eigenvalue weighted by Gasteiger charge is -2.28. The topological polar surface area (TPSA) is 35.5 Å². The van der Waals surface area contributed by atoms with Crippen LogP contribution in [-0.2, 0) is 14.0 Å². The quantitative estimate of drug-likeness (QED) is 0.577. The third-order valence-corrected chi connectivity index (χ3v) is 3.63. The number of hydrogen-bond acceptors (Lipinski definition) is 3. The zero-order valence-electron chi connectivity index (χ0n) is 12.5. The summed E-state index contributed by atoms with van der Waals surface area (Å²) in [6, 6.07) is 0. The fraction of sp³-hybridized carbons (Fsp3) is 0.786. The number of carbonyl (C=O) groups is 1. The van der Waals surface area contributed by atoms with Gasteiger partial charge in [0.1, 0.15) is 5.76 Å². The van der Waals surface area contributed by atoms with Crippen molar-refractivity contribution >= 4 is 14.3 Å². The first-order valence-electron chi connectivity index (χ1n) is 6.69. The average Bonchev–Trinajstić information content (AvgIpc) is 2.13. The third kappa shape index (κ3) is 5.36. The fourth-order valence-electron chi connectivity index (χ4n) is 1.76. The van der Waals surface area contributed by atoms with Crippen LogP contribution in [0.2, 0.25) is 19.6 Å². The molecule has 104 valence electrons. The molecule has 1 atom stereocenters. The van der Waals surface area contributed by atoms with Crippen LogP contribution < -0.4 is 0 Å². The van der Waals surface area contributed by atoms with Crippen molar-refractivity contribution in [3.05, 3.63) is 11.8 Å². The molecule has 0 fully saturated rings. The van der Waals surface area contributed by atoms with Gasteiger partial charge in [0, 0.05) is 6.42 Å². The van der Waals surface area contributed by atoms with E-state index in [-0.39, 0.29) is 12.1 Å². The first kappa shape index (κ1) is 15.4. The van der Waals surface area contributed by atoms with Crippen molar-refractivity contribution in [3.8, 4) is 0 Å². The number of ether oxygens (including phenoxy) is 1. The van der Waals surface area contributed by atoms with Crippen LogP contribution in [0.25, 0.3) is 0 Å². The Labute approximate surface area is 112 Å². The smallest absolute Gasteiger partial charge is 0.316 e. The van der Waals surface area contributed by atoms with E-state index in [1.807, 2.05) is 26.8 Å². The minimum absolute atomic E-state index is 0.119. The van der Waals surface area contributed by atoms with E-state index in [2.05, 4.69) is 19.6 Å². The molecular weight excluding hydrogens is 244 g/mol. The van der Waals surface area contributed by atoms with E-state index in [4.69, 9.17) is 9.16 Å². The van der Waals surface area contributed by atoms with Crippen molar-refractivity contribution in [2.45, 2.75) is 65.8 Å². The molecule has 0 aliphatic heterocycles. The number of esters is 1. The Morgan fingerprint density at radius 3 is 2.44 bits per heavy atom. The van der Waals surface area contributed by atoms with Crippen LogP contribution in [0.5, 0.6) is 0 Å². The monoisotopic (exact) mass is 270 g/mol. The summed E-state index contributed by atoms with van der Waals surface area (Å²) in [5.41, 5.74) is -0.451. The van der Waals surface area contributed by atoms with Gasteiger partial charge in [-0.15, -0.1) is 0 Å². The van der Waals surface area contributed by atoms with Gasteiger partial charge in [0.2, 0.25) is 0 Å². The summed E-state index contributed by atoms with van der Waals surface area (Å²) in [6.07, 6.45) is 5.01. The Kier molecular flexibility index (Phi) is 4.78. The van der Waals surface area contributed by atoms with Crippen LogP contribution in [0.4, 0.5) is 0 Å². The molecule has 0 radical (unpaired) electrons. The molecule has 0 saturated heterocycles. The Hall–Kier alpha value is -0.613. The lowest BCUT2D eigenvalue weighted by Crippen LogP contribution is -2.32. The molecule has 1 aliphatic rings. The molecule has 1 rings (SSSR count). The molecule has 0 spiro atoms.